The van der Waals surface area contributed by atoms with E-state index in [0.717, 1.165) is 32.6 Å². The standard InChI is InChI=1S/C20H20BrN3O2/c1-13-19(15-6-8-16(21)9-7-15)20(24(2)23-13)22-18(25)12-14-4-10-17(26-3)11-5-14/h4-11H,12H2,1-3H3,(H,22,25). The molecule has 1 heterocycles. The van der Waals surface area contributed by atoms with Gasteiger partial charge in [0.1, 0.15) is 11.6 Å². The van der Waals surface area contributed by atoms with Crippen LogP contribution in [0.3, 0.4) is 0 Å². The Morgan fingerprint density at radius 1 is 1.15 bits per heavy atom. The Bertz CT molecular complexity index is 915. The quantitative estimate of drug-likeness (QED) is 0.676. The Morgan fingerprint density at radius 3 is 2.42 bits per heavy atom. The first-order chi connectivity index (χ1) is 12.5. The van der Waals surface area contributed by atoms with Gasteiger partial charge in [0.05, 0.1) is 19.2 Å². The maximum atomic E-state index is 12.5. The lowest BCUT2D eigenvalue weighted by Gasteiger charge is -2.10. The number of aryl methyl sites for hydroxylation is 2. The molecule has 1 N–H and O–H groups in total. The van der Waals surface area contributed by atoms with E-state index < -0.39 is 0 Å². The first-order valence-electron chi connectivity index (χ1n) is 8.20. The molecule has 0 bridgehead atoms. The van der Waals surface area contributed by atoms with E-state index in [0.29, 0.717) is 5.82 Å². The molecular formula is C20H20BrN3O2. The van der Waals surface area contributed by atoms with Gasteiger partial charge in [-0.2, -0.15) is 5.10 Å². The number of rotatable bonds is 5. The van der Waals surface area contributed by atoms with Crippen LogP contribution in [0.25, 0.3) is 11.1 Å². The highest BCUT2D eigenvalue weighted by Gasteiger charge is 2.17. The molecule has 0 radical (unpaired) electrons. The molecule has 3 rings (SSSR count). The van der Waals surface area contributed by atoms with E-state index in [4.69, 9.17) is 4.74 Å². The second-order valence-corrected chi connectivity index (χ2v) is 6.93. The van der Waals surface area contributed by atoms with Crippen LogP contribution in [-0.4, -0.2) is 22.8 Å². The fraction of sp³-hybridized carbons (Fsp3) is 0.200. The molecule has 0 spiro atoms. The summed E-state index contributed by atoms with van der Waals surface area (Å²) in [4.78, 5) is 12.5. The number of halogens is 1. The highest BCUT2D eigenvalue weighted by molar-refractivity contribution is 9.10. The van der Waals surface area contributed by atoms with Crippen molar-refractivity contribution in [2.75, 3.05) is 12.4 Å². The Hall–Kier alpha value is -2.60. The maximum Gasteiger partial charge on any atom is 0.229 e. The molecule has 0 aliphatic heterocycles. The molecule has 6 heteroatoms. The number of carbonyl (C=O) groups excluding carboxylic acids is 1. The van der Waals surface area contributed by atoms with Crippen LogP contribution < -0.4 is 10.1 Å². The number of hydrogen-bond donors (Lipinski definition) is 1. The van der Waals surface area contributed by atoms with E-state index in [-0.39, 0.29) is 12.3 Å². The summed E-state index contributed by atoms with van der Waals surface area (Å²) in [6, 6.07) is 15.5. The third kappa shape index (κ3) is 3.96. The van der Waals surface area contributed by atoms with E-state index >= 15 is 0 Å². The van der Waals surface area contributed by atoms with Crippen molar-refractivity contribution in [2.45, 2.75) is 13.3 Å². The molecule has 0 aliphatic carbocycles. The average Bonchev–Trinajstić information content (AvgIpc) is 2.90. The van der Waals surface area contributed by atoms with Crippen LogP contribution in [0.15, 0.2) is 53.0 Å². The normalized spacial score (nSPS) is 10.6. The largest absolute Gasteiger partial charge is 0.497 e. The van der Waals surface area contributed by atoms with Crippen LogP contribution in [-0.2, 0) is 18.3 Å². The van der Waals surface area contributed by atoms with Gasteiger partial charge in [0.2, 0.25) is 5.91 Å². The fourth-order valence-corrected chi connectivity index (χ4v) is 3.13. The van der Waals surface area contributed by atoms with Crippen molar-refractivity contribution in [1.82, 2.24) is 9.78 Å². The molecule has 0 aliphatic rings. The van der Waals surface area contributed by atoms with E-state index in [1.165, 1.54) is 0 Å². The Balaban J connectivity index is 1.82. The zero-order chi connectivity index (χ0) is 18.7. The molecule has 0 atom stereocenters. The molecule has 3 aromatic rings. The number of nitrogens with one attached hydrogen (secondary N) is 1. The number of carbonyl (C=O) groups is 1. The van der Waals surface area contributed by atoms with Crippen molar-refractivity contribution in [1.29, 1.82) is 0 Å². The average molecular weight is 414 g/mol. The second-order valence-electron chi connectivity index (χ2n) is 6.01. The van der Waals surface area contributed by atoms with Gasteiger partial charge in [0, 0.05) is 17.1 Å². The zero-order valence-corrected chi connectivity index (χ0v) is 16.5. The predicted octanol–water partition coefficient (Wildman–Crippen LogP) is 4.35. The maximum absolute atomic E-state index is 12.5. The molecule has 134 valence electrons. The van der Waals surface area contributed by atoms with Gasteiger partial charge in [-0.25, -0.2) is 0 Å². The number of amides is 1. The summed E-state index contributed by atoms with van der Waals surface area (Å²) in [6.45, 7) is 1.94. The van der Waals surface area contributed by atoms with Crippen molar-refractivity contribution >= 4 is 27.7 Å². The third-order valence-electron chi connectivity index (χ3n) is 4.14. The van der Waals surface area contributed by atoms with Crippen LogP contribution in [0, 0.1) is 6.92 Å². The second kappa shape index (κ2) is 7.74. The van der Waals surface area contributed by atoms with E-state index in [1.807, 2.05) is 62.5 Å². The molecular weight excluding hydrogens is 394 g/mol. The number of methoxy groups -OCH3 is 1. The van der Waals surface area contributed by atoms with Gasteiger partial charge < -0.3 is 10.1 Å². The lowest BCUT2D eigenvalue weighted by atomic mass is 10.1. The SMILES string of the molecule is COc1ccc(CC(=O)Nc2c(-c3ccc(Br)cc3)c(C)nn2C)cc1. The van der Waals surface area contributed by atoms with E-state index in [1.54, 1.807) is 11.8 Å². The number of hydrogen-bond acceptors (Lipinski definition) is 3. The van der Waals surface area contributed by atoms with Gasteiger partial charge in [-0.1, -0.05) is 40.2 Å². The molecule has 1 amide bonds. The molecule has 0 unspecified atom stereocenters. The number of ether oxygens (including phenoxy) is 1. The smallest absolute Gasteiger partial charge is 0.229 e. The van der Waals surface area contributed by atoms with Crippen molar-refractivity contribution in [3.8, 4) is 16.9 Å². The topological polar surface area (TPSA) is 56.1 Å². The minimum absolute atomic E-state index is 0.0865. The first-order valence-corrected chi connectivity index (χ1v) is 8.99. The Kier molecular flexibility index (Phi) is 5.42. The zero-order valence-electron chi connectivity index (χ0n) is 14.9. The molecule has 0 saturated heterocycles. The Labute approximate surface area is 161 Å². The summed E-state index contributed by atoms with van der Waals surface area (Å²) in [7, 11) is 3.45. The highest BCUT2D eigenvalue weighted by atomic mass is 79.9. The fourth-order valence-electron chi connectivity index (χ4n) is 2.87. The number of nitrogens with zero attached hydrogens (tertiary/aromatic N) is 2. The predicted molar refractivity (Wildman–Crippen MR) is 106 cm³/mol. The summed E-state index contributed by atoms with van der Waals surface area (Å²) < 4.78 is 7.86. The molecule has 0 saturated carbocycles. The van der Waals surface area contributed by atoms with Crippen LogP contribution in [0.5, 0.6) is 5.75 Å². The van der Waals surface area contributed by atoms with Crippen molar-refractivity contribution in [3.05, 3.63) is 64.3 Å². The van der Waals surface area contributed by atoms with Crippen LogP contribution in [0.1, 0.15) is 11.3 Å². The first kappa shape index (κ1) is 18.2. The lowest BCUT2D eigenvalue weighted by molar-refractivity contribution is -0.115. The molecule has 5 nitrogen and oxygen atoms in total. The summed E-state index contributed by atoms with van der Waals surface area (Å²) in [5, 5.41) is 7.47. The van der Waals surface area contributed by atoms with Crippen LogP contribution in [0.2, 0.25) is 0 Å². The molecule has 1 aromatic heterocycles. The van der Waals surface area contributed by atoms with Crippen LogP contribution >= 0.6 is 15.9 Å². The lowest BCUT2D eigenvalue weighted by Crippen LogP contribution is -2.17. The highest BCUT2D eigenvalue weighted by Crippen LogP contribution is 2.32. The summed E-state index contributed by atoms with van der Waals surface area (Å²) in [6.07, 6.45) is 0.286. The minimum Gasteiger partial charge on any atom is -0.497 e. The summed E-state index contributed by atoms with van der Waals surface area (Å²) in [5.41, 5.74) is 3.74. The number of anilines is 1. The Morgan fingerprint density at radius 2 is 1.81 bits per heavy atom. The van der Waals surface area contributed by atoms with Gasteiger partial charge in [0.15, 0.2) is 0 Å². The monoisotopic (exact) mass is 413 g/mol. The third-order valence-corrected chi connectivity index (χ3v) is 4.67. The molecule has 26 heavy (non-hydrogen) atoms. The molecule has 2 aromatic carbocycles. The summed E-state index contributed by atoms with van der Waals surface area (Å²) in [5.74, 6) is 1.38. The van der Waals surface area contributed by atoms with Gasteiger partial charge in [-0.3, -0.25) is 9.48 Å². The molecule has 0 fully saturated rings. The van der Waals surface area contributed by atoms with Crippen molar-refractivity contribution in [3.63, 3.8) is 0 Å². The van der Waals surface area contributed by atoms with Crippen LogP contribution in [0.4, 0.5) is 5.82 Å². The van der Waals surface area contributed by atoms with Gasteiger partial charge >= 0.3 is 0 Å². The van der Waals surface area contributed by atoms with Gasteiger partial charge in [-0.05, 0) is 42.3 Å². The summed E-state index contributed by atoms with van der Waals surface area (Å²) >= 11 is 3.45. The van der Waals surface area contributed by atoms with E-state index in [9.17, 15) is 4.79 Å². The number of benzene rings is 2. The van der Waals surface area contributed by atoms with E-state index in [2.05, 4.69) is 26.3 Å². The minimum atomic E-state index is -0.0865. The number of aromatic nitrogens is 2. The van der Waals surface area contributed by atoms with Gasteiger partial charge in [-0.15, -0.1) is 0 Å². The van der Waals surface area contributed by atoms with Crippen molar-refractivity contribution < 1.29 is 9.53 Å². The van der Waals surface area contributed by atoms with Gasteiger partial charge in [0.25, 0.3) is 0 Å². The van der Waals surface area contributed by atoms with Crippen molar-refractivity contribution in [2.24, 2.45) is 7.05 Å².